The number of likely N-dealkylation sites (tertiary alicyclic amines) is 1. The molecule has 2 saturated heterocycles. The smallest absolute Gasteiger partial charge is 0.416 e. The molecule has 3 heterocycles. The Morgan fingerprint density at radius 2 is 1.88 bits per heavy atom. The maximum atomic E-state index is 13.5. The predicted molar refractivity (Wildman–Crippen MR) is 145 cm³/mol. The Labute approximate surface area is 236 Å². The number of hydrogen-bond acceptors (Lipinski definition) is 6. The average Bonchev–Trinajstić information content (AvgIpc) is 3.32. The number of aromatic nitrogens is 2. The molecule has 0 N–H and O–H groups in total. The zero-order valence-corrected chi connectivity index (χ0v) is 23.2. The fraction of sp³-hybridized carbons (Fsp3) is 0.333. The van der Waals surface area contributed by atoms with Crippen LogP contribution in [-0.4, -0.2) is 61.6 Å². The van der Waals surface area contributed by atoms with Crippen molar-refractivity contribution in [2.75, 3.05) is 13.1 Å². The number of carbonyl (C=O) groups excluding carboxylic acids is 3. The molecule has 0 atom stereocenters. The Morgan fingerprint density at radius 3 is 2.55 bits per heavy atom. The van der Waals surface area contributed by atoms with E-state index in [2.05, 4.69) is 5.10 Å². The molecule has 0 bridgehead atoms. The number of amides is 3. The molecule has 5 rings (SSSR count). The SMILES string of the molecule is CC(C)(C)OC(=O)N1CC(N2C(=O)SC(=Cc3ccc4c(cnn4Cc4ccc(Cl)cc4C(F)(F)F)c3)C2=O)C1. The fourth-order valence-electron chi connectivity index (χ4n) is 4.47. The van der Waals surface area contributed by atoms with E-state index in [1.165, 1.54) is 27.9 Å². The van der Waals surface area contributed by atoms with Gasteiger partial charge in [0, 0.05) is 23.5 Å². The monoisotopic (exact) mass is 592 g/mol. The molecule has 3 amide bonds. The lowest BCUT2D eigenvalue weighted by molar-refractivity contribution is -0.138. The Morgan fingerprint density at radius 1 is 1.15 bits per heavy atom. The zero-order valence-electron chi connectivity index (χ0n) is 21.7. The molecule has 8 nitrogen and oxygen atoms in total. The molecular weight excluding hydrogens is 569 g/mol. The highest BCUT2D eigenvalue weighted by Crippen LogP contribution is 2.37. The molecule has 2 fully saturated rings. The first-order valence-corrected chi connectivity index (χ1v) is 13.5. The van der Waals surface area contributed by atoms with Crippen LogP contribution in [0.5, 0.6) is 0 Å². The third-order valence-corrected chi connectivity index (χ3v) is 7.48. The minimum Gasteiger partial charge on any atom is -0.444 e. The minimum absolute atomic E-state index is 0.00636. The third-order valence-electron chi connectivity index (χ3n) is 6.36. The van der Waals surface area contributed by atoms with E-state index < -0.39 is 40.6 Å². The van der Waals surface area contributed by atoms with Gasteiger partial charge in [0.25, 0.3) is 11.1 Å². The summed E-state index contributed by atoms with van der Waals surface area (Å²) in [6, 6.07) is 8.35. The summed E-state index contributed by atoms with van der Waals surface area (Å²) in [6.45, 7) is 5.57. The largest absolute Gasteiger partial charge is 0.444 e. The molecule has 13 heteroatoms. The second kappa shape index (κ2) is 10.2. The number of alkyl halides is 3. The van der Waals surface area contributed by atoms with Crippen LogP contribution in [0.4, 0.5) is 22.8 Å². The van der Waals surface area contributed by atoms with Gasteiger partial charge in [-0.1, -0.05) is 23.7 Å². The number of ether oxygens (including phenoxy) is 1. The summed E-state index contributed by atoms with van der Waals surface area (Å²) >= 11 is 6.60. The second-order valence-corrected chi connectivity index (χ2v) is 11.9. The molecule has 0 saturated carbocycles. The van der Waals surface area contributed by atoms with Crippen molar-refractivity contribution in [3.05, 3.63) is 69.2 Å². The highest BCUT2D eigenvalue weighted by Gasteiger charge is 2.46. The lowest BCUT2D eigenvalue weighted by Gasteiger charge is -2.42. The van der Waals surface area contributed by atoms with Gasteiger partial charge in [-0.3, -0.25) is 19.2 Å². The van der Waals surface area contributed by atoms with Crippen molar-refractivity contribution in [2.24, 2.45) is 0 Å². The highest BCUT2D eigenvalue weighted by atomic mass is 35.5. The number of rotatable bonds is 4. The van der Waals surface area contributed by atoms with Crippen LogP contribution in [-0.2, 0) is 22.3 Å². The number of halogens is 4. The van der Waals surface area contributed by atoms with Crippen LogP contribution >= 0.6 is 23.4 Å². The number of hydrogen-bond donors (Lipinski definition) is 0. The molecule has 0 aliphatic carbocycles. The zero-order chi connectivity index (χ0) is 29.0. The van der Waals surface area contributed by atoms with Crippen LogP contribution in [0.3, 0.4) is 0 Å². The molecular formula is C27H24ClF3N4O4S. The highest BCUT2D eigenvalue weighted by molar-refractivity contribution is 8.18. The van der Waals surface area contributed by atoms with Crippen LogP contribution in [0.25, 0.3) is 17.0 Å². The molecule has 1 aromatic heterocycles. The molecule has 0 spiro atoms. The summed E-state index contributed by atoms with van der Waals surface area (Å²) in [5.41, 5.74) is -0.209. The van der Waals surface area contributed by atoms with Crippen LogP contribution in [0.2, 0.25) is 5.02 Å². The second-order valence-electron chi connectivity index (χ2n) is 10.5. The summed E-state index contributed by atoms with van der Waals surface area (Å²) in [6.07, 6.45) is -1.94. The minimum atomic E-state index is -4.56. The quantitative estimate of drug-likeness (QED) is 0.325. The number of thioether (sulfide) groups is 1. The molecule has 3 aromatic rings. The van der Waals surface area contributed by atoms with Gasteiger partial charge < -0.3 is 9.64 Å². The maximum absolute atomic E-state index is 13.5. The first-order chi connectivity index (χ1) is 18.7. The molecule has 2 aliphatic rings. The van der Waals surface area contributed by atoms with Gasteiger partial charge in [0.1, 0.15) is 5.60 Å². The molecule has 2 aliphatic heterocycles. The lowest BCUT2D eigenvalue weighted by Crippen LogP contribution is -2.62. The molecule has 0 radical (unpaired) electrons. The average molecular weight is 593 g/mol. The number of imide groups is 1. The number of carbonyl (C=O) groups is 3. The normalized spacial score (nSPS) is 17.7. The standard InChI is InChI=1S/C27H24ClF3N4O4S/c1-26(2,3)39-24(37)33-13-19(14-33)35-23(36)22(40-25(35)38)9-15-4-7-21-17(8-15)11-32-34(21)12-16-5-6-18(28)10-20(16)27(29,30)31/h4-11,19H,12-14H2,1-3H3. The summed E-state index contributed by atoms with van der Waals surface area (Å²) < 4.78 is 47.3. The van der Waals surface area contributed by atoms with E-state index >= 15 is 0 Å². The summed E-state index contributed by atoms with van der Waals surface area (Å²) in [5.74, 6) is -0.443. The van der Waals surface area contributed by atoms with Gasteiger partial charge in [-0.15, -0.1) is 0 Å². The topological polar surface area (TPSA) is 84.7 Å². The summed E-state index contributed by atoms with van der Waals surface area (Å²) in [7, 11) is 0. The van der Waals surface area contributed by atoms with Crippen molar-refractivity contribution in [2.45, 2.75) is 45.1 Å². The Bertz CT molecular complexity index is 1560. The van der Waals surface area contributed by atoms with Crippen molar-refractivity contribution in [1.82, 2.24) is 19.6 Å². The number of fused-ring (bicyclic) bond motifs is 1. The number of benzene rings is 2. The van der Waals surface area contributed by atoms with E-state index in [0.717, 1.165) is 22.7 Å². The van der Waals surface area contributed by atoms with Gasteiger partial charge in [0.2, 0.25) is 0 Å². The van der Waals surface area contributed by atoms with Gasteiger partial charge in [0.05, 0.1) is 34.8 Å². The Kier molecular flexibility index (Phi) is 7.11. The third kappa shape index (κ3) is 5.68. The van der Waals surface area contributed by atoms with Crippen LogP contribution < -0.4 is 0 Å². The Balaban J connectivity index is 1.30. The van der Waals surface area contributed by atoms with Crippen molar-refractivity contribution < 1.29 is 32.3 Å². The van der Waals surface area contributed by atoms with Crippen molar-refractivity contribution in [3.63, 3.8) is 0 Å². The molecule has 210 valence electrons. The van der Waals surface area contributed by atoms with E-state index in [9.17, 15) is 27.6 Å². The molecule has 2 aromatic carbocycles. The van der Waals surface area contributed by atoms with Crippen LogP contribution in [0.1, 0.15) is 37.5 Å². The number of nitrogens with zero attached hydrogens (tertiary/aromatic N) is 4. The Hall–Kier alpha value is -3.51. The van der Waals surface area contributed by atoms with Gasteiger partial charge in [-0.05, 0) is 74.0 Å². The fourth-order valence-corrected chi connectivity index (χ4v) is 5.54. The maximum Gasteiger partial charge on any atom is 0.416 e. The van der Waals surface area contributed by atoms with Gasteiger partial charge in [-0.2, -0.15) is 18.3 Å². The van der Waals surface area contributed by atoms with E-state index in [-0.39, 0.29) is 35.1 Å². The van der Waals surface area contributed by atoms with Crippen LogP contribution in [0.15, 0.2) is 47.5 Å². The molecule has 40 heavy (non-hydrogen) atoms. The van der Waals surface area contributed by atoms with Crippen molar-refractivity contribution in [1.29, 1.82) is 0 Å². The van der Waals surface area contributed by atoms with Crippen molar-refractivity contribution >= 4 is 57.6 Å². The van der Waals surface area contributed by atoms with E-state index in [1.54, 1.807) is 45.0 Å². The first-order valence-electron chi connectivity index (χ1n) is 12.3. The van der Waals surface area contributed by atoms with Crippen LogP contribution in [0, 0.1) is 0 Å². The summed E-state index contributed by atoms with van der Waals surface area (Å²) in [4.78, 5) is 40.7. The predicted octanol–water partition coefficient (Wildman–Crippen LogP) is 6.41. The van der Waals surface area contributed by atoms with Gasteiger partial charge in [-0.25, -0.2) is 4.79 Å². The van der Waals surface area contributed by atoms with E-state index in [4.69, 9.17) is 16.3 Å². The van der Waals surface area contributed by atoms with Gasteiger partial charge >= 0.3 is 12.3 Å². The molecule has 0 unspecified atom stereocenters. The van der Waals surface area contributed by atoms with Gasteiger partial charge in [0.15, 0.2) is 0 Å². The summed E-state index contributed by atoms with van der Waals surface area (Å²) in [5, 5.41) is 4.49. The van der Waals surface area contributed by atoms with E-state index in [0.29, 0.717) is 16.5 Å². The first kappa shape index (κ1) is 28.0. The van der Waals surface area contributed by atoms with Crippen molar-refractivity contribution in [3.8, 4) is 0 Å². The lowest BCUT2D eigenvalue weighted by atomic mass is 10.1. The van der Waals surface area contributed by atoms with E-state index in [1.807, 2.05) is 0 Å².